The number of ether oxygens (including phenoxy) is 1. The van der Waals surface area contributed by atoms with Crippen LogP contribution in [-0.2, 0) is 20.5 Å². The number of nitrogens with one attached hydrogen (secondary N) is 1. The molecule has 1 atom stereocenters. The largest absolute Gasteiger partial charge is 0.399 e. The fraction of sp³-hybridized carbons (Fsp3) is 0.538. The second-order valence-corrected chi connectivity index (χ2v) is 6.72. The van der Waals surface area contributed by atoms with Crippen molar-refractivity contribution in [3.8, 4) is 0 Å². The maximum Gasteiger partial charge on any atom is 0.215 e. The van der Waals surface area contributed by atoms with Crippen molar-refractivity contribution in [3.05, 3.63) is 29.8 Å². The van der Waals surface area contributed by atoms with Crippen molar-refractivity contribution in [2.45, 2.75) is 18.6 Å². The summed E-state index contributed by atoms with van der Waals surface area (Å²) in [5.41, 5.74) is 6.94. The minimum absolute atomic E-state index is 0.00551. The van der Waals surface area contributed by atoms with Crippen molar-refractivity contribution < 1.29 is 13.2 Å². The van der Waals surface area contributed by atoms with Gasteiger partial charge in [0.25, 0.3) is 0 Å². The molecular weight excluding hydrogens is 264 g/mol. The van der Waals surface area contributed by atoms with Gasteiger partial charge in [-0.2, -0.15) is 0 Å². The van der Waals surface area contributed by atoms with Crippen LogP contribution in [0.1, 0.15) is 18.4 Å². The van der Waals surface area contributed by atoms with Crippen LogP contribution in [0, 0.1) is 5.92 Å². The first-order valence-electron chi connectivity index (χ1n) is 6.45. The second-order valence-electron chi connectivity index (χ2n) is 4.91. The Morgan fingerprint density at radius 3 is 2.68 bits per heavy atom. The third-order valence-corrected chi connectivity index (χ3v) is 4.59. The molecule has 6 heteroatoms. The Balaban J connectivity index is 1.79. The van der Waals surface area contributed by atoms with E-state index in [-0.39, 0.29) is 5.75 Å². The van der Waals surface area contributed by atoms with Crippen molar-refractivity contribution in [1.29, 1.82) is 0 Å². The van der Waals surface area contributed by atoms with E-state index in [0.717, 1.165) is 31.6 Å². The van der Waals surface area contributed by atoms with E-state index in [9.17, 15) is 8.42 Å². The van der Waals surface area contributed by atoms with Crippen LogP contribution in [0.15, 0.2) is 24.3 Å². The monoisotopic (exact) mass is 284 g/mol. The minimum atomic E-state index is -3.27. The molecule has 1 aromatic rings. The smallest absolute Gasteiger partial charge is 0.215 e. The van der Waals surface area contributed by atoms with Gasteiger partial charge in [0.2, 0.25) is 10.0 Å². The quantitative estimate of drug-likeness (QED) is 0.767. The van der Waals surface area contributed by atoms with Crippen LogP contribution in [0.5, 0.6) is 0 Å². The molecule has 0 saturated carbocycles. The third-order valence-electron chi connectivity index (χ3n) is 3.23. The Hall–Kier alpha value is -1.11. The van der Waals surface area contributed by atoms with E-state index in [1.165, 1.54) is 0 Å². The number of sulfonamides is 1. The molecule has 2 rings (SSSR count). The van der Waals surface area contributed by atoms with E-state index in [1.54, 1.807) is 24.3 Å². The molecular formula is C13H20N2O3S. The van der Waals surface area contributed by atoms with Gasteiger partial charge in [-0.05, 0) is 36.5 Å². The normalized spacial score (nSPS) is 19.7. The van der Waals surface area contributed by atoms with Crippen LogP contribution in [0.4, 0.5) is 5.69 Å². The molecule has 3 N–H and O–H groups in total. The lowest BCUT2D eigenvalue weighted by atomic mass is 10.1. The summed E-state index contributed by atoms with van der Waals surface area (Å²) in [5.74, 6) is 0.480. The Kier molecular flexibility index (Phi) is 4.79. The summed E-state index contributed by atoms with van der Waals surface area (Å²) in [7, 11) is -3.27. The zero-order valence-electron chi connectivity index (χ0n) is 10.8. The van der Waals surface area contributed by atoms with Gasteiger partial charge in [0.15, 0.2) is 0 Å². The van der Waals surface area contributed by atoms with E-state index in [0.29, 0.717) is 18.2 Å². The van der Waals surface area contributed by atoms with Gasteiger partial charge in [-0.3, -0.25) is 0 Å². The van der Waals surface area contributed by atoms with Crippen LogP contribution in [0.2, 0.25) is 0 Å². The fourth-order valence-corrected chi connectivity index (χ4v) is 3.28. The number of nitrogen functional groups attached to an aromatic ring is 1. The summed E-state index contributed by atoms with van der Waals surface area (Å²) >= 11 is 0. The van der Waals surface area contributed by atoms with E-state index in [1.807, 2.05) is 0 Å². The zero-order valence-corrected chi connectivity index (χ0v) is 11.7. The van der Waals surface area contributed by atoms with Crippen LogP contribution < -0.4 is 10.5 Å². The van der Waals surface area contributed by atoms with Gasteiger partial charge in [0, 0.05) is 25.4 Å². The lowest BCUT2D eigenvalue weighted by Crippen LogP contribution is -2.27. The van der Waals surface area contributed by atoms with Gasteiger partial charge >= 0.3 is 0 Å². The summed E-state index contributed by atoms with van der Waals surface area (Å²) in [6.07, 6.45) is 1.86. The molecule has 1 unspecified atom stereocenters. The highest BCUT2D eigenvalue weighted by atomic mass is 32.2. The van der Waals surface area contributed by atoms with E-state index >= 15 is 0 Å². The molecule has 106 valence electrons. The van der Waals surface area contributed by atoms with Gasteiger partial charge in [-0.25, -0.2) is 13.1 Å². The Bertz CT molecular complexity index is 493. The van der Waals surface area contributed by atoms with Crippen molar-refractivity contribution in [2.75, 3.05) is 25.5 Å². The van der Waals surface area contributed by atoms with Crippen molar-refractivity contribution in [3.63, 3.8) is 0 Å². The topological polar surface area (TPSA) is 81.4 Å². The van der Waals surface area contributed by atoms with Gasteiger partial charge in [-0.1, -0.05) is 12.1 Å². The predicted octanol–water partition coefficient (Wildman–Crippen LogP) is 1.11. The van der Waals surface area contributed by atoms with Crippen LogP contribution in [-0.4, -0.2) is 28.2 Å². The number of nitrogens with two attached hydrogens (primary N) is 1. The fourth-order valence-electron chi connectivity index (χ4n) is 2.11. The molecule has 1 fully saturated rings. The molecule has 0 amide bonds. The summed E-state index contributed by atoms with van der Waals surface area (Å²) in [5, 5.41) is 0. The van der Waals surface area contributed by atoms with Crippen molar-refractivity contribution in [2.24, 2.45) is 5.92 Å². The van der Waals surface area contributed by atoms with Crippen LogP contribution in [0.25, 0.3) is 0 Å². The molecule has 0 spiro atoms. The van der Waals surface area contributed by atoms with Crippen molar-refractivity contribution >= 4 is 15.7 Å². The highest BCUT2D eigenvalue weighted by Crippen LogP contribution is 2.15. The molecule has 0 radical (unpaired) electrons. The molecule has 5 nitrogen and oxygen atoms in total. The molecule has 1 heterocycles. The summed E-state index contributed by atoms with van der Waals surface area (Å²) in [6.45, 7) is 2.02. The average molecular weight is 284 g/mol. The van der Waals surface area contributed by atoms with Gasteiger partial charge in [-0.15, -0.1) is 0 Å². The van der Waals surface area contributed by atoms with E-state index < -0.39 is 10.0 Å². The zero-order chi connectivity index (χ0) is 13.7. The van der Waals surface area contributed by atoms with Crippen LogP contribution >= 0.6 is 0 Å². The van der Waals surface area contributed by atoms with E-state index in [2.05, 4.69) is 4.72 Å². The molecule has 1 aliphatic rings. The number of hydrogen-bond donors (Lipinski definition) is 2. The highest BCUT2D eigenvalue weighted by Gasteiger charge is 2.17. The first-order chi connectivity index (χ1) is 9.05. The average Bonchev–Trinajstić information content (AvgIpc) is 2.85. The first kappa shape index (κ1) is 14.3. The number of anilines is 1. The molecule has 1 saturated heterocycles. The maximum absolute atomic E-state index is 11.9. The maximum atomic E-state index is 11.9. The molecule has 1 aromatic carbocycles. The number of benzene rings is 1. The summed E-state index contributed by atoms with van der Waals surface area (Å²) in [6, 6.07) is 6.89. The summed E-state index contributed by atoms with van der Waals surface area (Å²) < 4.78 is 31.7. The van der Waals surface area contributed by atoms with Gasteiger partial charge in [0.05, 0.1) is 5.75 Å². The standard InChI is InChI=1S/C13H20N2O3S/c14-13-3-1-12(2-4-13)10-19(16,17)15-7-5-11-6-8-18-9-11/h1-4,11,15H,5-10,14H2. The van der Waals surface area contributed by atoms with Crippen molar-refractivity contribution in [1.82, 2.24) is 4.72 Å². The van der Waals surface area contributed by atoms with Gasteiger partial charge in [0.1, 0.15) is 0 Å². The molecule has 1 aliphatic heterocycles. The Labute approximate surface area is 114 Å². The lowest BCUT2D eigenvalue weighted by molar-refractivity contribution is 0.184. The molecule has 0 aromatic heterocycles. The number of rotatable bonds is 6. The molecule has 19 heavy (non-hydrogen) atoms. The van der Waals surface area contributed by atoms with E-state index in [4.69, 9.17) is 10.5 Å². The third kappa shape index (κ3) is 4.81. The highest BCUT2D eigenvalue weighted by molar-refractivity contribution is 7.88. The van der Waals surface area contributed by atoms with Gasteiger partial charge < -0.3 is 10.5 Å². The SMILES string of the molecule is Nc1ccc(CS(=O)(=O)NCCC2CCOC2)cc1. The predicted molar refractivity (Wildman–Crippen MR) is 75.0 cm³/mol. The molecule has 0 aliphatic carbocycles. The second kappa shape index (κ2) is 6.36. The summed E-state index contributed by atoms with van der Waals surface area (Å²) in [4.78, 5) is 0. The molecule has 0 bridgehead atoms. The Morgan fingerprint density at radius 1 is 1.32 bits per heavy atom. The lowest BCUT2D eigenvalue weighted by Gasteiger charge is -2.09. The number of hydrogen-bond acceptors (Lipinski definition) is 4. The first-order valence-corrected chi connectivity index (χ1v) is 8.10. The minimum Gasteiger partial charge on any atom is -0.399 e. The van der Waals surface area contributed by atoms with Crippen LogP contribution in [0.3, 0.4) is 0 Å². The Morgan fingerprint density at radius 2 is 2.05 bits per heavy atom.